The van der Waals surface area contributed by atoms with Crippen LogP contribution in [0.5, 0.6) is 11.5 Å². The van der Waals surface area contributed by atoms with Crippen molar-refractivity contribution in [3.63, 3.8) is 0 Å². The van der Waals surface area contributed by atoms with Gasteiger partial charge in [0.2, 0.25) is 5.91 Å². The van der Waals surface area contributed by atoms with Crippen LogP contribution >= 0.6 is 0 Å². The SMILES string of the molecule is CCOc1ccc(N(CC(=O)N[C@@H]2CC(CC)(CC)Oc3ccccc32)S(=O)(=O)c2ccc(F)cc2)cc1. The van der Waals surface area contributed by atoms with Gasteiger partial charge in [0.05, 0.1) is 23.2 Å². The lowest BCUT2D eigenvalue weighted by Gasteiger charge is -2.41. The molecule has 0 aromatic heterocycles. The maximum absolute atomic E-state index is 13.6. The van der Waals surface area contributed by atoms with Gasteiger partial charge in [0, 0.05) is 12.0 Å². The fourth-order valence-electron chi connectivity index (χ4n) is 4.72. The zero-order valence-electron chi connectivity index (χ0n) is 21.8. The molecule has 202 valence electrons. The Morgan fingerprint density at radius 1 is 1.03 bits per heavy atom. The average Bonchev–Trinajstić information content (AvgIpc) is 2.92. The van der Waals surface area contributed by atoms with Crippen molar-refractivity contribution in [2.45, 2.75) is 56.6 Å². The number of hydrogen-bond donors (Lipinski definition) is 1. The molecule has 3 aromatic carbocycles. The molecule has 0 spiro atoms. The van der Waals surface area contributed by atoms with E-state index < -0.39 is 33.9 Å². The van der Waals surface area contributed by atoms with Crippen LogP contribution in [0.4, 0.5) is 10.1 Å². The first kappa shape index (κ1) is 27.4. The quantitative estimate of drug-likeness (QED) is 0.361. The fraction of sp³-hybridized carbons (Fsp3) is 0.345. The summed E-state index contributed by atoms with van der Waals surface area (Å²) in [6.45, 7) is 5.96. The summed E-state index contributed by atoms with van der Waals surface area (Å²) in [5.74, 6) is 0.277. The number of nitrogens with one attached hydrogen (secondary N) is 1. The first-order valence-corrected chi connectivity index (χ1v) is 14.2. The minimum atomic E-state index is -4.18. The molecule has 1 heterocycles. The summed E-state index contributed by atoms with van der Waals surface area (Å²) < 4.78 is 53.7. The molecule has 9 heteroatoms. The van der Waals surface area contributed by atoms with Gasteiger partial charge in [0.1, 0.15) is 29.5 Å². The predicted octanol–water partition coefficient (Wildman–Crippen LogP) is 5.62. The van der Waals surface area contributed by atoms with E-state index in [1.807, 2.05) is 31.2 Å². The van der Waals surface area contributed by atoms with Gasteiger partial charge in [0.15, 0.2) is 0 Å². The molecule has 1 atom stereocenters. The van der Waals surface area contributed by atoms with Crippen molar-refractivity contribution < 1.29 is 27.1 Å². The Hall–Kier alpha value is -3.59. The molecule has 0 radical (unpaired) electrons. The average molecular weight is 541 g/mol. The number of para-hydroxylation sites is 1. The van der Waals surface area contributed by atoms with E-state index >= 15 is 0 Å². The van der Waals surface area contributed by atoms with Gasteiger partial charge < -0.3 is 14.8 Å². The van der Waals surface area contributed by atoms with Crippen LogP contribution in [0.3, 0.4) is 0 Å². The molecular weight excluding hydrogens is 507 g/mol. The number of carbonyl (C=O) groups is 1. The summed E-state index contributed by atoms with van der Waals surface area (Å²) in [6, 6.07) is 18.2. The number of carbonyl (C=O) groups excluding carboxylic acids is 1. The number of hydrogen-bond acceptors (Lipinski definition) is 5. The lowest BCUT2D eigenvalue weighted by Crippen LogP contribution is -2.47. The number of rotatable bonds is 10. The minimum Gasteiger partial charge on any atom is -0.494 e. The van der Waals surface area contributed by atoms with Gasteiger partial charge in [-0.05, 0) is 74.4 Å². The van der Waals surface area contributed by atoms with Crippen LogP contribution in [-0.2, 0) is 14.8 Å². The third-order valence-electron chi connectivity index (χ3n) is 6.95. The summed E-state index contributed by atoms with van der Waals surface area (Å²) >= 11 is 0. The van der Waals surface area contributed by atoms with Gasteiger partial charge in [-0.1, -0.05) is 32.0 Å². The second-order valence-electron chi connectivity index (χ2n) is 9.25. The molecule has 0 saturated heterocycles. The van der Waals surface area contributed by atoms with Gasteiger partial charge in [-0.3, -0.25) is 9.10 Å². The lowest BCUT2D eigenvalue weighted by atomic mass is 9.83. The number of amides is 1. The third-order valence-corrected chi connectivity index (χ3v) is 8.73. The van der Waals surface area contributed by atoms with Crippen LogP contribution in [0, 0.1) is 5.82 Å². The fourth-order valence-corrected chi connectivity index (χ4v) is 6.15. The highest BCUT2D eigenvalue weighted by molar-refractivity contribution is 7.92. The smallest absolute Gasteiger partial charge is 0.264 e. The predicted molar refractivity (Wildman–Crippen MR) is 144 cm³/mol. The highest BCUT2D eigenvalue weighted by Crippen LogP contribution is 2.42. The molecule has 1 N–H and O–H groups in total. The van der Waals surface area contributed by atoms with Crippen molar-refractivity contribution >= 4 is 21.6 Å². The Morgan fingerprint density at radius 2 is 1.68 bits per heavy atom. The molecule has 7 nitrogen and oxygen atoms in total. The summed E-state index contributed by atoms with van der Waals surface area (Å²) in [4.78, 5) is 13.3. The normalized spacial score (nSPS) is 16.2. The monoisotopic (exact) mass is 540 g/mol. The Labute approximate surface area is 223 Å². The number of fused-ring (bicyclic) bond motifs is 1. The van der Waals surface area contributed by atoms with Crippen molar-refractivity contribution in [1.82, 2.24) is 5.32 Å². The van der Waals surface area contributed by atoms with Gasteiger partial charge in [-0.25, -0.2) is 12.8 Å². The second-order valence-corrected chi connectivity index (χ2v) is 11.1. The largest absolute Gasteiger partial charge is 0.494 e. The second kappa shape index (κ2) is 11.4. The molecule has 38 heavy (non-hydrogen) atoms. The summed E-state index contributed by atoms with van der Waals surface area (Å²) in [7, 11) is -4.18. The van der Waals surface area contributed by atoms with Crippen LogP contribution in [0.25, 0.3) is 0 Å². The van der Waals surface area contributed by atoms with Gasteiger partial charge in [0.25, 0.3) is 10.0 Å². The standard InChI is InChI=1S/C29H33FN2O5S/c1-4-29(5-2)19-26(25-9-7-8-10-27(25)37-29)31-28(33)20-32(22-13-15-23(16-14-22)36-6-3)38(34,35)24-17-11-21(30)12-18-24/h7-18,26H,4-6,19-20H2,1-3H3,(H,31,33)/t26-/m1/s1. The summed E-state index contributed by atoms with van der Waals surface area (Å²) in [5.41, 5.74) is 0.713. The van der Waals surface area contributed by atoms with E-state index in [4.69, 9.17) is 9.47 Å². The van der Waals surface area contributed by atoms with Crippen LogP contribution in [0.1, 0.15) is 51.6 Å². The number of ether oxygens (including phenoxy) is 2. The van der Waals surface area contributed by atoms with Gasteiger partial charge in [-0.2, -0.15) is 0 Å². The summed E-state index contributed by atoms with van der Waals surface area (Å²) in [5, 5.41) is 3.05. The number of nitrogens with zero attached hydrogens (tertiary/aromatic N) is 1. The van der Waals surface area contributed by atoms with E-state index in [9.17, 15) is 17.6 Å². The first-order valence-electron chi connectivity index (χ1n) is 12.8. The lowest BCUT2D eigenvalue weighted by molar-refractivity contribution is -0.121. The Morgan fingerprint density at radius 3 is 2.32 bits per heavy atom. The van der Waals surface area contributed by atoms with E-state index in [0.717, 1.165) is 40.6 Å². The van der Waals surface area contributed by atoms with Crippen LogP contribution in [0.2, 0.25) is 0 Å². The van der Waals surface area contributed by atoms with Crippen molar-refractivity contribution in [2.24, 2.45) is 0 Å². The number of halogens is 1. The topological polar surface area (TPSA) is 84.9 Å². The molecule has 1 aliphatic heterocycles. The summed E-state index contributed by atoms with van der Waals surface area (Å²) in [6.07, 6.45) is 2.10. The Kier molecular flexibility index (Phi) is 8.26. The Bertz CT molecular complexity index is 1360. The number of anilines is 1. The molecule has 0 fully saturated rings. The van der Waals surface area contributed by atoms with Gasteiger partial charge >= 0.3 is 0 Å². The van der Waals surface area contributed by atoms with E-state index in [1.165, 1.54) is 12.1 Å². The van der Waals surface area contributed by atoms with Crippen molar-refractivity contribution in [3.8, 4) is 11.5 Å². The van der Waals surface area contributed by atoms with E-state index in [1.54, 1.807) is 24.3 Å². The highest BCUT2D eigenvalue weighted by Gasteiger charge is 2.39. The molecule has 0 bridgehead atoms. The van der Waals surface area contributed by atoms with E-state index in [2.05, 4.69) is 19.2 Å². The van der Waals surface area contributed by atoms with E-state index in [0.29, 0.717) is 18.8 Å². The zero-order valence-corrected chi connectivity index (χ0v) is 22.6. The van der Waals surface area contributed by atoms with E-state index in [-0.39, 0.29) is 16.6 Å². The van der Waals surface area contributed by atoms with Gasteiger partial charge in [-0.15, -0.1) is 0 Å². The number of benzene rings is 3. The molecule has 0 aliphatic carbocycles. The molecule has 4 rings (SSSR count). The van der Waals surface area contributed by atoms with Crippen molar-refractivity contribution in [2.75, 3.05) is 17.5 Å². The zero-order chi connectivity index (χ0) is 27.3. The maximum atomic E-state index is 13.6. The number of sulfonamides is 1. The van der Waals surface area contributed by atoms with Crippen LogP contribution < -0.4 is 19.1 Å². The molecule has 0 unspecified atom stereocenters. The molecular formula is C29H33FN2O5S. The van der Waals surface area contributed by atoms with Crippen molar-refractivity contribution in [3.05, 3.63) is 84.2 Å². The molecule has 1 amide bonds. The molecule has 3 aromatic rings. The highest BCUT2D eigenvalue weighted by atomic mass is 32.2. The van der Waals surface area contributed by atoms with Crippen LogP contribution in [0.15, 0.2) is 77.7 Å². The molecule has 0 saturated carbocycles. The van der Waals surface area contributed by atoms with Crippen molar-refractivity contribution in [1.29, 1.82) is 0 Å². The first-order chi connectivity index (χ1) is 18.2. The van der Waals surface area contributed by atoms with Crippen LogP contribution in [-0.4, -0.2) is 33.1 Å². The maximum Gasteiger partial charge on any atom is 0.264 e. The molecule has 1 aliphatic rings. The Balaban J connectivity index is 1.65. The third kappa shape index (κ3) is 5.78. The minimum absolute atomic E-state index is 0.118.